The molecule has 0 radical (unpaired) electrons. The quantitative estimate of drug-likeness (QED) is 0.401. The van der Waals surface area contributed by atoms with Crippen molar-refractivity contribution in [1.82, 2.24) is 0 Å². The number of hydrogen-bond acceptors (Lipinski definition) is 7. The van der Waals surface area contributed by atoms with Crippen molar-refractivity contribution in [2.75, 3.05) is 23.3 Å². The molecule has 1 amide bonds. The first-order valence-corrected chi connectivity index (χ1v) is 13.3. The standard InChI is InChI=1S/C25H28F4N2O8S/c1-24(2,3)22(25(27,28)29)39-23(34)30-14-5-9-19-18(11-14)31(13-15(38-19)6-10-21(32)33)40(35,36)16-7-8-17(26)20(12-16)37-4/h5,7-9,11-12,15,22H,6,10,13H2,1-4H3,(H,30,34)(H,32,33)/t15-,22+/m0/s1. The number of nitrogens with one attached hydrogen (secondary N) is 1. The van der Waals surface area contributed by atoms with Gasteiger partial charge in [0.25, 0.3) is 10.0 Å². The number of rotatable bonds is 8. The van der Waals surface area contributed by atoms with Crippen LogP contribution in [0, 0.1) is 11.2 Å². The molecule has 2 aromatic rings. The SMILES string of the molecule is COc1cc(S(=O)(=O)N2C[C@H](CCC(=O)O)Oc3ccc(NC(=O)O[C@H](C(C)(C)C)C(F)(F)F)cc32)ccc1F. The molecular formula is C25H28F4N2O8S. The minimum atomic E-state index is -4.84. The molecule has 1 aliphatic heterocycles. The van der Waals surface area contributed by atoms with Crippen LogP contribution in [0.5, 0.6) is 11.5 Å². The Balaban J connectivity index is 1.98. The highest BCUT2D eigenvalue weighted by Crippen LogP contribution is 2.41. The van der Waals surface area contributed by atoms with Crippen molar-refractivity contribution in [3.05, 3.63) is 42.2 Å². The highest BCUT2D eigenvalue weighted by Gasteiger charge is 2.50. The Morgan fingerprint density at radius 3 is 2.42 bits per heavy atom. The topological polar surface area (TPSA) is 131 Å². The maximum atomic E-state index is 14.0. The fraction of sp³-hybridized carbons (Fsp3) is 0.440. The van der Waals surface area contributed by atoms with Gasteiger partial charge < -0.3 is 19.3 Å². The summed E-state index contributed by atoms with van der Waals surface area (Å²) in [5.74, 6) is -2.27. The van der Waals surface area contributed by atoms with E-state index in [0.717, 1.165) is 35.7 Å². The first-order chi connectivity index (χ1) is 18.4. The Kier molecular flexibility index (Phi) is 8.77. The lowest BCUT2D eigenvalue weighted by Crippen LogP contribution is -2.44. The summed E-state index contributed by atoms with van der Waals surface area (Å²) in [6.45, 7) is 3.41. The third kappa shape index (κ3) is 7.06. The Labute approximate surface area is 227 Å². The van der Waals surface area contributed by atoms with Gasteiger partial charge in [0.1, 0.15) is 11.9 Å². The number of benzene rings is 2. The van der Waals surface area contributed by atoms with Gasteiger partial charge in [-0.05, 0) is 36.8 Å². The molecule has 10 nitrogen and oxygen atoms in total. The predicted octanol–water partition coefficient (Wildman–Crippen LogP) is 5.18. The van der Waals surface area contributed by atoms with E-state index in [-0.39, 0.29) is 47.2 Å². The van der Waals surface area contributed by atoms with Crippen LogP contribution in [0.1, 0.15) is 33.6 Å². The normalized spacial score (nSPS) is 16.4. The van der Waals surface area contributed by atoms with Crippen LogP contribution in [0.25, 0.3) is 0 Å². The Hall–Kier alpha value is -3.75. The molecule has 1 aliphatic rings. The minimum Gasteiger partial charge on any atom is -0.494 e. The largest absolute Gasteiger partial charge is 0.494 e. The number of hydrogen-bond donors (Lipinski definition) is 2. The monoisotopic (exact) mass is 592 g/mol. The number of alkyl halides is 3. The zero-order valence-electron chi connectivity index (χ0n) is 21.9. The van der Waals surface area contributed by atoms with Crippen LogP contribution in [0.15, 0.2) is 41.3 Å². The zero-order chi connectivity index (χ0) is 30.0. The number of carboxylic acids is 1. The van der Waals surface area contributed by atoms with Gasteiger partial charge in [0.05, 0.1) is 24.2 Å². The van der Waals surface area contributed by atoms with E-state index in [9.17, 15) is 35.6 Å². The molecule has 0 aliphatic carbocycles. The number of ether oxygens (including phenoxy) is 3. The minimum absolute atomic E-state index is 0.000988. The molecule has 15 heteroatoms. The predicted molar refractivity (Wildman–Crippen MR) is 135 cm³/mol. The summed E-state index contributed by atoms with van der Waals surface area (Å²) < 4.78 is 97.8. The molecule has 0 fully saturated rings. The molecule has 0 saturated carbocycles. The molecule has 0 spiro atoms. The molecule has 2 atom stereocenters. The van der Waals surface area contributed by atoms with Gasteiger partial charge in [0.15, 0.2) is 11.6 Å². The van der Waals surface area contributed by atoms with Crippen LogP contribution < -0.4 is 19.1 Å². The van der Waals surface area contributed by atoms with Crippen molar-refractivity contribution in [2.24, 2.45) is 5.41 Å². The lowest BCUT2D eigenvalue weighted by atomic mass is 9.88. The van der Waals surface area contributed by atoms with E-state index >= 15 is 0 Å². The summed E-state index contributed by atoms with van der Waals surface area (Å²) in [5.41, 5.74) is -1.68. The van der Waals surface area contributed by atoms with E-state index in [0.29, 0.717) is 0 Å². The molecule has 220 valence electrons. The summed E-state index contributed by atoms with van der Waals surface area (Å²) in [7, 11) is -3.28. The highest BCUT2D eigenvalue weighted by atomic mass is 32.2. The maximum Gasteiger partial charge on any atom is 0.426 e. The Bertz CT molecular complexity index is 1360. The molecule has 0 aromatic heterocycles. The van der Waals surface area contributed by atoms with Gasteiger partial charge in [0.2, 0.25) is 6.10 Å². The smallest absolute Gasteiger partial charge is 0.426 e. The van der Waals surface area contributed by atoms with Crippen molar-refractivity contribution in [3.63, 3.8) is 0 Å². The van der Waals surface area contributed by atoms with Crippen molar-refractivity contribution >= 4 is 33.5 Å². The summed E-state index contributed by atoms with van der Waals surface area (Å²) >= 11 is 0. The molecule has 1 heterocycles. The van der Waals surface area contributed by atoms with E-state index in [2.05, 4.69) is 10.1 Å². The van der Waals surface area contributed by atoms with Crippen LogP contribution in [-0.4, -0.2) is 57.6 Å². The molecule has 2 aromatic carbocycles. The van der Waals surface area contributed by atoms with Crippen molar-refractivity contribution in [1.29, 1.82) is 0 Å². The first kappa shape index (κ1) is 30.8. The third-order valence-electron chi connectivity index (χ3n) is 5.84. The number of carboxylic acid groups (broad SMARTS) is 1. The lowest BCUT2D eigenvalue weighted by molar-refractivity contribution is -0.229. The van der Waals surface area contributed by atoms with Gasteiger partial charge in [-0.2, -0.15) is 13.2 Å². The summed E-state index contributed by atoms with van der Waals surface area (Å²) in [4.78, 5) is 23.1. The van der Waals surface area contributed by atoms with E-state index in [1.165, 1.54) is 32.9 Å². The number of nitrogens with zero attached hydrogens (tertiary/aromatic N) is 1. The number of aliphatic carboxylic acids is 1. The second-order valence-electron chi connectivity index (χ2n) is 10.0. The lowest BCUT2D eigenvalue weighted by Gasteiger charge is -2.36. The fourth-order valence-corrected chi connectivity index (χ4v) is 5.48. The number of sulfonamides is 1. The van der Waals surface area contributed by atoms with Crippen LogP contribution in [0.2, 0.25) is 0 Å². The van der Waals surface area contributed by atoms with Gasteiger partial charge in [-0.15, -0.1) is 0 Å². The van der Waals surface area contributed by atoms with Crippen molar-refractivity contribution in [2.45, 2.75) is 56.9 Å². The van der Waals surface area contributed by atoms with Gasteiger partial charge in [-0.25, -0.2) is 17.6 Å². The summed E-state index contributed by atoms with van der Waals surface area (Å²) in [5, 5.41) is 11.2. The molecule has 0 unspecified atom stereocenters. The number of carbonyl (C=O) groups excluding carboxylic acids is 1. The molecular weight excluding hydrogens is 564 g/mol. The molecule has 40 heavy (non-hydrogen) atoms. The number of methoxy groups -OCH3 is 1. The van der Waals surface area contributed by atoms with Gasteiger partial charge in [-0.3, -0.25) is 14.4 Å². The molecule has 0 saturated heterocycles. The number of carbonyl (C=O) groups is 2. The molecule has 0 bridgehead atoms. The number of anilines is 2. The van der Waals surface area contributed by atoms with E-state index in [1.807, 2.05) is 0 Å². The molecule has 2 N–H and O–H groups in total. The van der Waals surface area contributed by atoms with E-state index in [1.54, 1.807) is 0 Å². The maximum absolute atomic E-state index is 14.0. The van der Waals surface area contributed by atoms with Gasteiger partial charge in [0, 0.05) is 23.6 Å². The second kappa shape index (κ2) is 11.4. The number of halogens is 4. The average molecular weight is 593 g/mol. The average Bonchev–Trinajstić information content (AvgIpc) is 2.84. The Morgan fingerprint density at radius 2 is 1.85 bits per heavy atom. The first-order valence-electron chi connectivity index (χ1n) is 11.9. The molecule has 3 rings (SSSR count). The van der Waals surface area contributed by atoms with Gasteiger partial charge >= 0.3 is 18.2 Å². The Morgan fingerprint density at radius 1 is 1.18 bits per heavy atom. The fourth-order valence-electron chi connectivity index (χ4n) is 3.97. The number of amides is 1. The van der Waals surface area contributed by atoms with Crippen LogP contribution >= 0.6 is 0 Å². The van der Waals surface area contributed by atoms with Crippen molar-refractivity contribution < 1.29 is 54.9 Å². The second-order valence-corrected chi connectivity index (χ2v) is 11.9. The van der Waals surface area contributed by atoms with Gasteiger partial charge in [-0.1, -0.05) is 20.8 Å². The zero-order valence-corrected chi connectivity index (χ0v) is 22.7. The third-order valence-corrected chi connectivity index (χ3v) is 7.61. The summed E-state index contributed by atoms with van der Waals surface area (Å²) in [6.07, 6.45) is -9.95. The summed E-state index contributed by atoms with van der Waals surface area (Å²) in [6, 6.07) is 6.56. The van der Waals surface area contributed by atoms with E-state index < -0.39 is 51.7 Å². The van der Waals surface area contributed by atoms with E-state index in [4.69, 9.17) is 14.6 Å². The van der Waals surface area contributed by atoms with Crippen LogP contribution in [0.4, 0.5) is 33.7 Å². The van der Waals surface area contributed by atoms with Crippen LogP contribution in [-0.2, 0) is 19.6 Å². The highest BCUT2D eigenvalue weighted by molar-refractivity contribution is 7.92. The number of fused-ring (bicyclic) bond motifs is 1. The van der Waals surface area contributed by atoms with Crippen molar-refractivity contribution in [3.8, 4) is 11.5 Å². The van der Waals surface area contributed by atoms with Crippen LogP contribution in [0.3, 0.4) is 0 Å².